The summed E-state index contributed by atoms with van der Waals surface area (Å²) in [5.41, 5.74) is 8.02. The molecular formula is C14H17N3O. The molecule has 18 heavy (non-hydrogen) atoms. The van der Waals surface area contributed by atoms with Crippen LogP contribution in [0.3, 0.4) is 0 Å². The van der Waals surface area contributed by atoms with Gasteiger partial charge in [-0.3, -0.25) is 4.98 Å². The Balaban J connectivity index is 2.08. The van der Waals surface area contributed by atoms with Gasteiger partial charge in [0.25, 0.3) is 0 Å². The maximum Gasteiger partial charge on any atom is 0.0641 e. The average Bonchev–Trinajstić information content (AvgIpc) is 2.68. The second-order valence-electron chi connectivity index (χ2n) is 4.55. The van der Waals surface area contributed by atoms with Crippen molar-refractivity contribution in [2.75, 3.05) is 36.9 Å². The summed E-state index contributed by atoms with van der Waals surface area (Å²) < 4.78 is 5.50. The van der Waals surface area contributed by atoms with Crippen LogP contribution in [0.15, 0.2) is 30.6 Å². The van der Waals surface area contributed by atoms with Gasteiger partial charge in [0, 0.05) is 54.2 Å². The van der Waals surface area contributed by atoms with Gasteiger partial charge in [-0.05, 0) is 24.6 Å². The van der Waals surface area contributed by atoms with E-state index in [1.165, 1.54) is 11.1 Å². The highest BCUT2D eigenvalue weighted by atomic mass is 16.5. The number of aromatic nitrogens is 1. The zero-order chi connectivity index (χ0) is 12.4. The molecule has 0 atom stereocenters. The predicted octanol–water partition coefficient (Wildman–Crippen LogP) is 2.04. The van der Waals surface area contributed by atoms with Crippen LogP contribution >= 0.6 is 0 Å². The molecule has 4 nitrogen and oxygen atoms in total. The number of nitrogen functional groups attached to an aromatic ring is 1. The van der Waals surface area contributed by atoms with Crippen LogP contribution in [0.25, 0.3) is 10.8 Å². The van der Waals surface area contributed by atoms with E-state index in [0.717, 1.165) is 43.8 Å². The Bertz CT molecular complexity index is 548. The molecule has 2 aromatic rings. The maximum atomic E-state index is 6.00. The van der Waals surface area contributed by atoms with Gasteiger partial charge in [0.1, 0.15) is 0 Å². The maximum absolute atomic E-state index is 6.00. The third-order valence-electron chi connectivity index (χ3n) is 3.39. The lowest BCUT2D eigenvalue weighted by atomic mass is 10.1. The first-order valence-electron chi connectivity index (χ1n) is 6.31. The standard InChI is InChI=1S/C14H17N3O/c15-13-2-3-14(11-4-5-16-10-12(11)13)17-6-1-8-18-9-7-17/h2-5,10H,1,6-9,15H2. The van der Waals surface area contributed by atoms with Gasteiger partial charge in [0.2, 0.25) is 0 Å². The second kappa shape index (κ2) is 4.82. The quantitative estimate of drug-likeness (QED) is 0.779. The molecular weight excluding hydrogens is 226 g/mol. The number of nitrogens with zero attached hydrogens (tertiary/aromatic N) is 2. The molecule has 1 saturated heterocycles. The number of fused-ring (bicyclic) bond motifs is 1. The van der Waals surface area contributed by atoms with Gasteiger partial charge in [0.15, 0.2) is 0 Å². The molecule has 2 heterocycles. The second-order valence-corrected chi connectivity index (χ2v) is 4.55. The lowest BCUT2D eigenvalue weighted by Crippen LogP contribution is -2.26. The van der Waals surface area contributed by atoms with E-state index >= 15 is 0 Å². The van der Waals surface area contributed by atoms with Crippen molar-refractivity contribution in [2.24, 2.45) is 0 Å². The summed E-state index contributed by atoms with van der Waals surface area (Å²) in [4.78, 5) is 6.53. The third-order valence-corrected chi connectivity index (χ3v) is 3.39. The summed E-state index contributed by atoms with van der Waals surface area (Å²) in [6.07, 6.45) is 4.72. The molecule has 0 bridgehead atoms. The fourth-order valence-corrected chi connectivity index (χ4v) is 2.46. The number of rotatable bonds is 1. The number of pyridine rings is 1. The van der Waals surface area contributed by atoms with Crippen molar-refractivity contribution in [1.29, 1.82) is 0 Å². The minimum atomic E-state index is 0.785. The molecule has 1 fully saturated rings. The summed E-state index contributed by atoms with van der Waals surface area (Å²) in [7, 11) is 0. The van der Waals surface area contributed by atoms with Gasteiger partial charge >= 0.3 is 0 Å². The van der Waals surface area contributed by atoms with Crippen LogP contribution in [0, 0.1) is 0 Å². The first-order valence-corrected chi connectivity index (χ1v) is 6.31. The van der Waals surface area contributed by atoms with Crippen molar-refractivity contribution in [2.45, 2.75) is 6.42 Å². The van der Waals surface area contributed by atoms with Crippen LogP contribution in [0.1, 0.15) is 6.42 Å². The van der Waals surface area contributed by atoms with Crippen LogP contribution in [0.2, 0.25) is 0 Å². The summed E-state index contributed by atoms with van der Waals surface area (Å²) in [5.74, 6) is 0. The van der Waals surface area contributed by atoms with Crippen LogP contribution in [-0.4, -0.2) is 31.3 Å². The largest absolute Gasteiger partial charge is 0.398 e. The van der Waals surface area contributed by atoms with E-state index in [2.05, 4.69) is 16.0 Å². The van der Waals surface area contributed by atoms with Crippen LogP contribution in [-0.2, 0) is 4.74 Å². The molecule has 1 aliphatic rings. The molecule has 0 aliphatic carbocycles. The minimum Gasteiger partial charge on any atom is -0.398 e. The average molecular weight is 243 g/mol. The molecule has 0 radical (unpaired) electrons. The third kappa shape index (κ3) is 1.99. The van der Waals surface area contributed by atoms with Gasteiger partial charge in [-0.2, -0.15) is 0 Å². The summed E-state index contributed by atoms with van der Waals surface area (Å²) in [6, 6.07) is 6.10. The Labute approximate surface area is 106 Å². The fourth-order valence-electron chi connectivity index (χ4n) is 2.46. The Morgan fingerprint density at radius 1 is 1.11 bits per heavy atom. The number of hydrogen-bond acceptors (Lipinski definition) is 4. The molecule has 3 rings (SSSR count). The van der Waals surface area contributed by atoms with E-state index in [4.69, 9.17) is 10.5 Å². The minimum absolute atomic E-state index is 0.785. The van der Waals surface area contributed by atoms with Crippen molar-refractivity contribution in [3.05, 3.63) is 30.6 Å². The molecule has 0 spiro atoms. The first-order chi connectivity index (χ1) is 8.86. The predicted molar refractivity (Wildman–Crippen MR) is 73.8 cm³/mol. The normalized spacial score (nSPS) is 16.8. The number of nitrogens with two attached hydrogens (primary N) is 1. The number of ether oxygens (including phenoxy) is 1. The van der Waals surface area contributed by atoms with E-state index in [9.17, 15) is 0 Å². The number of benzene rings is 1. The topological polar surface area (TPSA) is 51.4 Å². The molecule has 4 heteroatoms. The molecule has 1 aromatic heterocycles. The molecule has 94 valence electrons. The van der Waals surface area contributed by atoms with Crippen LogP contribution in [0.5, 0.6) is 0 Å². The monoisotopic (exact) mass is 243 g/mol. The van der Waals surface area contributed by atoms with Crippen molar-refractivity contribution >= 4 is 22.1 Å². The highest BCUT2D eigenvalue weighted by Crippen LogP contribution is 2.30. The van der Waals surface area contributed by atoms with Crippen molar-refractivity contribution in [3.8, 4) is 0 Å². The Morgan fingerprint density at radius 2 is 2.06 bits per heavy atom. The van der Waals surface area contributed by atoms with Gasteiger partial charge < -0.3 is 15.4 Å². The van der Waals surface area contributed by atoms with Gasteiger partial charge in [-0.15, -0.1) is 0 Å². The van der Waals surface area contributed by atoms with E-state index in [1.807, 2.05) is 24.5 Å². The molecule has 1 aliphatic heterocycles. The molecule has 0 saturated carbocycles. The van der Waals surface area contributed by atoms with Crippen molar-refractivity contribution in [3.63, 3.8) is 0 Å². The van der Waals surface area contributed by atoms with E-state index in [0.29, 0.717) is 0 Å². The summed E-state index contributed by atoms with van der Waals surface area (Å²) in [5, 5.41) is 2.20. The van der Waals surface area contributed by atoms with E-state index in [-0.39, 0.29) is 0 Å². The van der Waals surface area contributed by atoms with Gasteiger partial charge in [-0.25, -0.2) is 0 Å². The lowest BCUT2D eigenvalue weighted by Gasteiger charge is -2.24. The highest BCUT2D eigenvalue weighted by Gasteiger charge is 2.13. The lowest BCUT2D eigenvalue weighted by molar-refractivity contribution is 0.152. The van der Waals surface area contributed by atoms with E-state index in [1.54, 1.807) is 0 Å². The fraction of sp³-hybridized carbons (Fsp3) is 0.357. The van der Waals surface area contributed by atoms with E-state index < -0.39 is 0 Å². The zero-order valence-corrected chi connectivity index (χ0v) is 10.3. The Morgan fingerprint density at radius 3 is 3.00 bits per heavy atom. The van der Waals surface area contributed by atoms with Crippen LogP contribution in [0.4, 0.5) is 11.4 Å². The zero-order valence-electron chi connectivity index (χ0n) is 10.3. The number of anilines is 2. The van der Waals surface area contributed by atoms with Gasteiger partial charge in [-0.1, -0.05) is 0 Å². The first kappa shape index (κ1) is 11.3. The van der Waals surface area contributed by atoms with Crippen molar-refractivity contribution < 1.29 is 4.74 Å². The molecule has 0 amide bonds. The van der Waals surface area contributed by atoms with Crippen molar-refractivity contribution in [1.82, 2.24) is 4.98 Å². The molecule has 1 aromatic carbocycles. The Hall–Kier alpha value is -1.81. The molecule has 2 N–H and O–H groups in total. The van der Waals surface area contributed by atoms with Crippen LogP contribution < -0.4 is 10.6 Å². The number of hydrogen-bond donors (Lipinski definition) is 1. The smallest absolute Gasteiger partial charge is 0.0641 e. The summed E-state index contributed by atoms with van der Waals surface area (Å²) >= 11 is 0. The van der Waals surface area contributed by atoms with Gasteiger partial charge in [0.05, 0.1) is 6.61 Å². The Kier molecular flexibility index (Phi) is 3.02. The SMILES string of the molecule is Nc1ccc(N2CCCOCC2)c2ccncc12. The highest BCUT2D eigenvalue weighted by molar-refractivity contribution is 6.00. The summed E-state index contributed by atoms with van der Waals surface area (Å²) in [6.45, 7) is 3.60. The molecule has 0 unspecified atom stereocenters.